The number of rotatable bonds is 7. The minimum absolute atomic E-state index is 0.0417. The lowest BCUT2D eigenvalue weighted by Gasteiger charge is -2.39. The average molecular weight is 529 g/mol. The van der Waals surface area contributed by atoms with Crippen LogP contribution in [0, 0.1) is 0 Å². The zero-order valence-electron chi connectivity index (χ0n) is 19.3. The Morgan fingerprint density at radius 3 is 2.20 bits per heavy atom. The van der Waals surface area contributed by atoms with Gasteiger partial charge in [-0.15, -0.1) is 0 Å². The quantitative estimate of drug-likeness (QED) is 0.340. The van der Waals surface area contributed by atoms with Crippen LogP contribution in [0.15, 0.2) is 66.7 Å². The number of halogens is 3. The van der Waals surface area contributed by atoms with E-state index in [1.807, 2.05) is 42.5 Å². The Kier molecular flexibility index (Phi) is 7.54. The third-order valence-corrected chi connectivity index (χ3v) is 8.00. The Labute approximate surface area is 221 Å². The maximum atomic E-state index is 13.0. The van der Waals surface area contributed by atoms with Crippen molar-refractivity contribution in [1.29, 1.82) is 0 Å². The van der Waals surface area contributed by atoms with E-state index in [2.05, 4.69) is 27.7 Å². The molecule has 7 heteroatoms. The summed E-state index contributed by atoms with van der Waals surface area (Å²) in [4.78, 5) is 15.6. The Morgan fingerprint density at radius 1 is 0.857 bits per heavy atom. The van der Waals surface area contributed by atoms with Crippen LogP contribution in [0.1, 0.15) is 36.8 Å². The summed E-state index contributed by atoms with van der Waals surface area (Å²) in [7, 11) is 0. The molecule has 3 atom stereocenters. The predicted molar refractivity (Wildman–Crippen MR) is 145 cm³/mol. The van der Waals surface area contributed by atoms with Crippen molar-refractivity contribution in [2.45, 2.75) is 56.8 Å². The number of nitrogens with zero attached hydrogens (tertiary/aromatic N) is 1. The van der Waals surface area contributed by atoms with E-state index in [1.165, 1.54) is 18.4 Å². The molecule has 0 spiro atoms. The molecule has 1 amide bonds. The Balaban J connectivity index is 1.20. The molecule has 0 saturated carbocycles. The lowest BCUT2D eigenvalue weighted by molar-refractivity contribution is -0.121. The minimum atomic E-state index is 0.0417. The second-order valence-electron chi connectivity index (χ2n) is 9.48. The first-order valence-electron chi connectivity index (χ1n) is 12.0. The first-order chi connectivity index (χ1) is 17.0. The van der Waals surface area contributed by atoms with Gasteiger partial charge < -0.3 is 10.6 Å². The number of hydrogen-bond donors (Lipinski definition) is 2. The van der Waals surface area contributed by atoms with Gasteiger partial charge in [0.15, 0.2) is 0 Å². The van der Waals surface area contributed by atoms with Crippen molar-refractivity contribution in [1.82, 2.24) is 10.2 Å². The van der Waals surface area contributed by atoms with Crippen molar-refractivity contribution in [3.8, 4) is 0 Å². The van der Waals surface area contributed by atoms with Crippen LogP contribution in [0.4, 0.5) is 11.4 Å². The molecule has 2 fully saturated rings. The molecule has 35 heavy (non-hydrogen) atoms. The van der Waals surface area contributed by atoms with Crippen LogP contribution in [0.25, 0.3) is 0 Å². The average Bonchev–Trinajstić information content (AvgIpc) is 3.06. The highest BCUT2D eigenvalue weighted by Crippen LogP contribution is 2.37. The summed E-state index contributed by atoms with van der Waals surface area (Å²) in [5.74, 6) is 0.0417. The van der Waals surface area contributed by atoms with Gasteiger partial charge in [0, 0.05) is 35.4 Å². The largest absolute Gasteiger partial charge is 0.353 e. The molecule has 0 aliphatic carbocycles. The number of benzene rings is 3. The molecular weight excluding hydrogens is 501 g/mol. The van der Waals surface area contributed by atoms with Crippen LogP contribution in [0.2, 0.25) is 15.1 Å². The fourth-order valence-corrected chi connectivity index (χ4v) is 6.07. The van der Waals surface area contributed by atoms with E-state index in [4.69, 9.17) is 34.8 Å². The van der Waals surface area contributed by atoms with E-state index in [9.17, 15) is 4.79 Å². The summed E-state index contributed by atoms with van der Waals surface area (Å²) in [5.41, 5.74) is 3.67. The van der Waals surface area contributed by atoms with Crippen LogP contribution >= 0.6 is 34.8 Å². The third-order valence-electron chi connectivity index (χ3n) is 7.12. The molecule has 0 aromatic heterocycles. The summed E-state index contributed by atoms with van der Waals surface area (Å²) in [6.07, 6.45) is 4.66. The third kappa shape index (κ3) is 5.78. The topological polar surface area (TPSA) is 44.4 Å². The number of fused-ring (bicyclic) bond motifs is 2. The number of nitrogens with one attached hydrogen (secondary N) is 2. The Bertz CT molecular complexity index is 1170. The zero-order valence-corrected chi connectivity index (χ0v) is 21.6. The predicted octanol–water partition coefficient (Wildman–Crippen LogP) is 7.24. The van der Waals surface area contributed by atoms with Crippen molar-refractivity contribution >= 4 is 52.1 Å². The number of hydrogen-bond acceptors (Lipinski definition) is 3. The van der Waals surface area contributed by atoms with Crippen LogP contribution in [-0.2, 0) is 17.8 Å². The van der Waals surface area contributed by atoms with Crippen LogP contribution < -0.4 is 10.6 Å². The molecule has 5 rings (SSSR count). The van der Waals surface area contributed by atoms with Gasteiger partial charge in [-0.2, -0.15) is 0 Å². The van der Waals surface area contributed by atoms with Gasteiger partial charge in [-0.25, -0.2) is 0 Å². The Morgan fingerprint density at radius 2 is 1.51 bits per heavy atom. The molecule has 2 aliphatic rings. The maximum Gasteiger partial charge on any atom is 0.224 e. The van der Waals surface area contributed by atoms with Crippen molar-refractivity contribution in [3.63, 3.8) is 0 Å². The van der Waals surface area contributed by atoms with Gasteiger partial charge in [0.05, 0.1) is 22.2 Å². The Hall–Kier alpha value is -2.24. The van der Waals surface area contributed by atoms with E-state index >= 15 is 0 Å². The van der Waals surface area contributed by atoms with E-state index < -0.39 is 0 Å². The summed E-state index contributed by atoms with van der Waals surface area (Å²) >= 11 is 18.7. The van der Waals surface area contributed by atoms with E-state index in [0.717, 1.165) is 35.7 Å². The fourth-order valence-electron chi connectivity index (χ4n) is 5.45. The molecule has 2 bridgehead atoms. The van der Waals surface area contributed by atoms with E-state index in [-0.39, 0.29) is 11.9 Å². The van der Waals surface area contributed by atoms with Gasteiger partial charge in [0.2, 0.25) is 5.91 Å². The van der Waals surface area contributed by atoms with Crippen molar-refractivity contribution in [2.75, 3.05) is 5.32 Å². The first kappa shape index (κ1) is 24.5. The lowest BCUT2D eigenvalue weighted by Crippen LogP contribution is -2.50. The fraction of sp³-hybridized carbons (Fsp3) is 0.321. The number of anilines is 2. The van der Waals surface area contributed by atoms with E-state index in [1.54, 1.807) is 12.1 Å². The SMILES string of the molecule is O=C(Cc1ccccc1Nc1c(Cl)cccc1Cl)NC1C[C@H]2CC[C@@H](C1)N2Cc1ccc(Cl)cc1. The van der Waals surface area contributed by atoms with Gasteiger partial charge in [0.1, 0.15) is 0 Å². The molecule has 2 aliphatic heterocycles. The molecule has 2 N–H and O–H groups in total. The second kappa shape index (κ2) is 10.8. The van der Waals surface area contributed by atoms with Gasteiger partial charge in [0.25, 0.3) is 0 Å². The van der Waals surface area contributed by atoms with E-state index in [0.29, 0.717) is 34.2 Å². The highest BCUT2D eigenvalue weighted by Gasteiger charge is 2.40. The number of para-hydroxylation sites is 2. The summed E-state index contributed by atoms with van der Waals surface area (Å²) < 4.78 is 0. The van der Waals surface area contributed by atoms with Crippen molar-refractivity contribution < 1.29 is 4.79 Å². The summed E-state index contributed by atoms with van der Waals surface area (Å²) in [5, 5.41) is 8.47. The molecule has 2 saturated heterocycles. The maximum absolute atomic E-state index is 13.0. The highest BCUT2D eigenvalue weighted by atomic mass is 35.5. The van der Waals surface area contributed by atoms with Gasteiger partial charge >= 0.3 is 0 Å². The molecule has 4 nitrogen and oxygen atoms in total. The monoisotopic (exact) mass is 527 g/mol. The van der Waals surface area contributed by atoms with Crippen molar-refractivity contribution in [2.24, 2.45) is 0 Å². The summed E-state index contributed by atoms with van der Waals surface area (Å²) in [6.45, 7) is 0.941. The minimum Gasteiger partial charge on any atom is -0.353 e. The molecule has 3 aromatic carbocycles. The highest BCUT2D eigenvalue weighted by molar-refractivity contribution is 6.39. The zero-order chi connectivity index (χ0) is 24.4. The van der Waals surface area contributed by atoms with Gasteiger partial charge in [-0.1, -0.05) is 71.2 Å². The molecule has 2 heterocycles. The van der Waals surface area contributed by atoms with Crippen LogP contribution in [0.3, 0.4) is 0 Å². The van der Waals surface area contributed by atoms with Crippen molar-refractivity contribution in [3.05, 3.63) is 92.9 Å². The summed E-state index contributed by atoms with van der Waals surface area (Å²) in [6, 6.07) is 22.5. The molecule has 1 unspecified atom stereocenters. The molecule has 0 radical (unpaired) electrons. The second-order valence-corrected chi connectivity index (χ2v) is 10.7. The van der Waals surface area contributed by atoms with Crippen LogP contribution in [0.5, 0.6) is 0 Å². The normalized spacial score (nSPS) is 21.6. The molecule has 182 valence electrons. The number of amides is 1. The standard InChI is InChI=1S/C28H28Cl3N3O/c29-20-10-8-18(9-11-20)17-34-22-12-13-23(34)16-21(15-22)32-27(35)14-19-4-1-2-7-26(19)33-28-24(30)5-3-6-25(28)31/h1-11,21-23,33H,12-17H2,(H,32,35)/t21?,22-,23+. The first-order valence-corrected chi connectivity index (χ1v) is 13.2. The smallest absolute Gasteiger partial charge is 0.224 e. The number of piperidine rings is 1. The molecular formula is C28H28Cl3N3O. The van der Waals surface area contributed by atoms with Gasteiger partial charge in [-0.05, 0) is 67.1 Å². The number of carbonyl (C=O) groups excluding carboxylic acids is 1. The van der Waals surface area contributed by atoms with Gasteiger partial charge in [-0.3, -0.25) is 9.69 Å². The van der Waals surface area contributed by atoms with Crippen LogP contribution in [-0.4, -0.2) is 28.9 Å². The number of carbonyl (C=O) groups is 1. The molecule has 3 aromatic rings. The lowest BCUT2D eigenvalue weighted by atomic mass is 9.96.